The number of carboxylic acids is 1. The Kier molecular flexibility index (Phi) is 8.00. The number of nitrogens with zero attached hydrogens (tertiary/aromatic N) is 3. The highest BCUT2D eigenvalue weighted by atomic mass is 35.5. The Morgan fingerprint density at radius 3 is 2.77 bits per heavy atom. The minimum Gasteiger partial charge on any atom is -0.486 e. The summed E-state index contributed by atoms with van der Waals surface area (Å²) in [4.78, 5) is 11.5. The number of benzene rings is 1. The Labute approximate surface area is 162 Å². The number of aromatic nitrogens is 3. The maximum absolute atomic E-state index is 11.5. The lowest BCUT2D eigenvalue weighted by molar-refractivity contribution is -0.136. The molecular formula is C18H22ClN3O3S. The molecule has 0 amide bonds. The summed E-state index contributed by atoms with van der Waals surface area (Å²) in [7, 11) is 0. The van der Waals surface area contributed by atoms with Gasteiger partial charge in [0.15, 0.2) is 11.0 Å². The van der Waals surface area contributed by atoms with Gasteiger partial charge in [-0.3, -0.25) is 9.36 Å². The summed E-state index contributed by atoms with van der Waals surface area (Å²) >= 11 is 7.08. The summed E-state index contributed by atoms with van der Waals surface area (Å²) in [6.07, 6.45) is 4.12. The predicted octanol–water partition coefficient (Wildman–Crippen LogP) is 4.43. The highest BCUT2D eigenvalue weighted by Crippen LogP contribution is 2.27. The molecule has 0 aliphatic heterocycles. The van der Waals surface area contributed by atoms with E-state index in [0.717, 1.165) is 12.8 Å². The fraction of sp³-hybridized carbons (Fsp3) is 0.389. The molecule has 2 aromatic rings. The molecule has 2 rings (SSSR count). The molecule has 0 aliphatic rings. The molecule has 1 aromatic carbocycles. The SMILES string of the molecule is C=CCn1c(COc2ccc(Cl)cc2)nnc1SC(CCCC)C(=O)O. The van der Waals surface area contributed by atoms with E-state index >= 15 is 0 Å². The second kappa shape index (κ2) is 10.2. The van der Waals surface area contributed by atoms with Gasteiger partial charge in [0.25, 0.3) is 0 Å². The quantitative estimate of drug-likeness (QED) is 0.448. The van der Waals surface area contributed by atoms with Crippen LogP contribution in [-0.2, 0) is 17.9 Å². The third-order valence-corrected chi connectivity index (χ3v) is 5.12. The van der Waals surface area contributed by atoms with Gasteiger partial charge in [0, 0.05) is 11.6 Å². The van der Waals surface area contributed by atoms with Gasteiger partial charge in [0.1, 0.15) is 17.6 Å². The molecule has 1 heterocycles. The monoisotopic (exact) mass is 395 g/mol. The zero-order valence-electron chi connectivity index (χ0n) is 14.6. The van der Waals surface area contributed by atoms with E-state index in [-0.39, 0.29) is 6.61 Å². The number of halogens is 1. The minimum absolute atomic E-state index is 0.218. The largest absolute Gasteiger partial charge is 0.486 e. The zero-order valence-corrected chi connectivity index (χ0v) is 16.2. The molecule has 0 radical (unpaired) electrons. The number of allylic oxidation sites excluding steroid dienone is 1. The smallest absolute Gasteiger partial charge is 0.317 e. The molecule has 1 atom stereocenters. The summed E-state index contributed by atoms with van der Waals surface area (Å²) in [6, 6.07) is 7.05. The standard InChI is InChI=1S/C18H22ClN3O3S/c1-3-5-6-15(17(23)24)26-18-21-20-16(22(18)11-4-2)12-25-14-9-7-13(19)8-10-14/h4,7-10,15H,2-3,5-6,11-12H2,1H3,(H,23,24). The summed E-state index contributed by atoms with van der Waals surface area (Å²) < 4.78 is 7.55. The van der Waals surface area contributed by atoms with Crippen molar-refractivity contribution in [2.24, 2.45) is 0 Å². The van der Waals surface area contributed by atoms with Gasteiger partial charge < -0.3 is 9.84 Å². The first-order valence-electron chi connectivity index (χ1n) is 8.36. The molecule has 1 N–H and O–H groups in total. The van der Waals surface area contributed by atoms with Crippen LogP contribution in [0.15, 0.2) is 42.1 Å². The van der Waals surface area contributed by atoms with Crippen LogP contribution in [0.4, 0.5) is 0 Å². The van der Waals surface area contributed by atoms with E-state index in [1.807, 2.05) is 11.5 Å². The number of hydrogen-bond acceptors (Lipinski definition) is 5. The first-order chi connectivity index (χ1) is 12.5. The number of ether oxygens (including phenoxy) is 1. The van der Waals surface area contributed by atoms with Gasteiger partial charge >= 0.3 is 5.97 Å². The van der Waals surface area contributed by atoms with Crippen LogP contribution in [0.5, 0.6) is 5.75 Å². The Hall–Kier alpha value is -1.99. The van der Waals surface area contributed by atoms with Crippen molar-refractivity contribution >= 4 is 29.3 Å². The molecule has 1 aromatic heterocycles. The van der Waals surface area contributed by atoms with Crippen molar-refractivity contribution in [3.63, 3.8) is 0 Å². The molecule has 0 fully saturated rings. The normalized spacial score (nSPS) is 11.9. The Balaban J connectivity index is 2.11. The molecule has 0 aliphatic carbocycles. The van der Waals surface area contributed by atoms with Gasteiger partial charge in [0.2, 0.25) is 0 Å². The first kappa shape index (κ1) is 20.3. The predicted molar refractivity (Wildman–Crippen MR) is 103 cm³/mol. The number of carbonyl (C=O) groups is 1. The van der Waals surface area contributed by atoms with E-state index in [9.17, 15) is 9.90 Å². The van der Waals surface area contributed by atoms with Crippen LogP contribution in [0.3, 0.4) is 0 Å². The number of hydrogen-bond donors (Lipinski definition) is 1. The molecule has 0 saturated carbocycles. The average Bonchev–Trinajstić information content (AvgIpc) is 3.00. The minimum atomic E-state index is -0.837. The highest BCUT2D eigenvalue weighted by molar-refractivity contribution is 8.00. The summed E-state index contributed by atoms with van der Waals surface area (Å²) in [6.45, 7) is 6.49. The van der Waals surface area contributed by atoms with Crippen LogP contribution < -0.4 is 4.74 Å². The summed E-state index contributed by atoms with van der Waals surface area (Å²) in [5, 5.41) is 18.4. The molecule has 0 bridgehead atoms. The third kappa shape index (κ3) is 5.78. The molecular weight excluding hydrogens is 374 g/mol. The number of carboxylic acid groups (broad SMARTS) is 1. The molecule has 26 heavy (non-hydrogen) atoms. The average molecular weight is 396 g/mol. The van der Waals surface area contributed by atoms with E-state index in [1.165, 1.54) is 11.8 Å². The van der Waals surface area contributed by atoms with Crippen molar-refractivity contribution in [3.05, 3.63) is 47.8 Å². The van der Waals surface area contributed by atoms with Crippen LogP contribution in [0.1, 0.15) is 32.0 Å². The van der Waals surface area contributed by atoms with Crippen molar-refractivity contribution in [2.75, 3.05) is 0 Å². The number of rotatable bonds is 11. The van der Waals surface area contributed by atoms with Crippen LogP contribution >= 0.6 is 23.4 Å². The second-order valence-electron chi connectivity index (χ2n) is 5.63. The lowest BCUT2D eigenvalue weighted by Crippen LogP contribution is -2.17. The van der Waals surface area contributed by atoms with Crippen molar-refractivity contribution in [1.82, 2.24) is 14.8 Å². The van der Waals surface area contributed by atoms with Crippen LogP contribution in [0.2, 0.25) is 5.02 Å². The van der Waals surface area contributed by atoms with Gasteiger partial charge in [-0.15, -0.1) is 16.8 Å². The zero-order chi connectivity index (χ0) is 18.9. The van der Waals surface area contributed by atoms with Gasteiger partial charge in [-0.25, -0.2) is 0 Å². The van der Waals surface area contributed by atoms with Gasteiger partial charge in [0.05, 0.1) is 0 Å². The van der Waals surface area contributed by atoms with E-state index in [1.54, 1.807) is 30.3 Å². The maximum Gasteiger partial charge on any atom is 0.317 e. The number of unbranched alkanes of at least 4 members (excludes halogenated alkanes) is 1. The lowest BCUT2D eigenvalue weighted by atomic mass is 10.2. The maximum atomic E-state index is 11.5. The van der Waals surface area contributed by atoms with E-state index in [0.29, 0.717) is 34.7 Å². The topological polar surface area (TPSA) is 77.2 Å². The number of thioether (sulfide) groups is 1. The Morgan fingerprint density at radius 2 is 2.15 bits per heavy atom. The fourth-order valence-electron chi connectivity index (χ4n) is 2.25. The fourth-order valence-corrected chi connectivity index (χ4v) is 3.41. The molecule has 6 nitrogen and oxygen atoms in total. The molecule has 8 heteroatoms. The first-order valence-corrected chi connectivity index (χ1v) is 9.61. The van der Waals surface area contributed by atoms with Crippen molar-refractivity contribution in [3.8, 4) is 5.75 Å². The van der Waals surface area contributed by atoms with E-state index in [2.05, 4.69) is 16.8 Å². The van der Waals surface area contributed by atoms with Gasteiger partial charge in [-0.2, -0.15) is 0 Å². The molecule has 0 saturated heterocycles. The van der Waals surface area contributed by atoms with Crippen molar-refractivity contribution in [2.45, 2.75) is 49.7 Å². The van der Waals surface area contributed by atoms with Crippen molar-refractivity contribution < 1.29 is 14.6 Å². The van der Waals surface area contributed by atoms with E-state index in [4.69, 9.17) is 16.3 Å². The highest BCUT2D eigenvalue weighted by Gasteiger charge is 2.23. The van der Waals surface area contributed by atoms with Crippen LogP contribution in [0, 0.1) is 0 Å². The lowest BCUT2D eigenvalue weighted by Gasteiger charge is -2.13. The summed E-state index contributed by atoms with van der Waals surface area (Å²) in [5.41, 5.74) is 0. The third-order valence-electron chi connectivity index (χ3n) is 3.63. The molecule has 140 valence electrons. The van der Waals surface area contributed by atoms with Gasteiger partial charge in [-0.1, -0.05) is 49.2 Å². The van der Waals surface area contributed by atoms with Crippen LogP contribution in [0.25, 0.3) is 0 Å². The summed E-state index contributed by atoms with van der Waals surface area (Å²) in [5.74, 6) is 0.445. The molecule has 1 unspecified atom stereocenters. The molecule has 0 spiro atoms. The Bertz CT molecular complexity index is 734. The van der Waals surface area contributed by atoms with E-state index < -0.39 is 11.2 Å². The van der Waals surface area contributed by atoms with Crippen LogP contribution in [-0.4, -0.2) is 31.1 Å². The van der Waals surface area contributed by atoms with Crippen molar-refractivity contribution in [1.29, 1.82) is 0 Å². The Morgan fingerprint density at radius 1 is 1.42 bits per heavy atom. The van der Waals surface area contributed by atoms with Gasteiger partial charge in [-0.05, 0) is 30.7 Å². The number of aliphatic carboxylic acids is 1. The second-order valence-corrected chi connectivity index (χ2v) is 7.23.